The maximum absolute atomic E-state index is 10.7. The second-order valence-electron chi connectivity index (χ2n) is 7.31. The van der Waals surface area contributed by atoms with Gasteiger partial charge in [-0.15, -0.1) is 0 Å². The molecule has 0 saturated carbocycles. The molecule has 0 N–H and O–H groups in total. The molecule has 4 heteroatoms. The molecule has 1 aliphatic rings. The van der Waals surface area contributed by atoms with Gasteiger partial charge in [0, 0.05) is 6.61 Å². The van der Waals surface area contributed by atoms with Crippen molar-refractivity contribution in [2.75, 3.05) is 19.8 Å². The minimum atomic E-state index is -0.573. The molecule has 0 aromatic rings. The van der Waals surface area contributed by atoms with E-state index in [2.05, 4.69) is 19.1 Å². The summed E-state index contributed by atoms with van der Waals surface area (Å²) in [6.07, 6.45) is 22.3. The lowest BCUT2D eigenvalue weighted by Gasteiger charge is -2.07. The van der Waals surface area contributed by atoms with Crippen LogP contribution < -0.4 is 0 Å². The van der Waals surface area contributed by atoms with Crippen LogP contribution in [-0.4, -0.2) is 32.1 Å². The van der Waals surface area contributed by atoms with Crippen LogP contribution >= 0.6 is 0 Å². The lowest BCUT2D eigenvalue weighted by Crippen LogP contribution is -2.18. The van der Waals surface area contributed by atoms with Crippen LogP contribution in [0.4, 0.5) is 4.79 Å². The van der Waals surface area contributed by atoms with Crippen molar-refractivity contribution < 1.29 is 19.0 Å². The summed E-state index contributed by atoms with van der Waals surface area (Å²) in [4.78, 5) is 10.7. The van der Waals surface area contributed by atoms with E-state index in [4.69, 9.17) is 14.2 Å². The van der Waals surface area contributed by atoms with Crippen molar-refractivity contribution in [3.8, 4) is 0 Å². The molecule has 0 aromatic heterocycles. The monoisotopic (exact) mass is 368 g/mol. The molecule has 1 aliphatic heterocycles. The highest BCUT2D eigenvalue weighted by atomic mass is 16.8. The van der Waals surface area contributed by atoms with Crippen molar-refractivity contribution in [1.82, 2.24) is 0 Å². The Kier molecular flexibility index (Phi) is 15.4. The first-order valence-corrected chi connectivity index (χ1v) is 10.9. The van der Waals surface area contributed by atoms with Gasteiger partial charge in [-0.25, -0.2) is 4.79 Å². The normalized spacial score (nSPS) is 17.0. The summed E-state index contributed by atoms with van der Waals surface area (Å²) in [5, 5.41) is 0. The van der Waals surface area contributed by atoms with E-state index >= 15 is 0 Å². The molecule has 0 aromatic carbocycles. The minimum Gasteiger partial charge on any atom is -0.430 e. The first-order valence-electron chi connectivity index (χ1n) is 10.9. The molecular formula is C22H40O4. The van der Waals surface area contributed by atoms with E-state index in [0.29, 0.717) is 13.2 Å². The van der Waals surface area contributed by atoms with E-state index in [1.165, 1.54) is 83.5 Å². The predicted octanol–water partition coefficient (Wildman–Crippen LogP) is 6.58. The number of ether oxygens (including phenoxy) is 3. The Hall–Kier alpha value is -1.03. The van der Waals surface area contributed by atoms with Crippen LogP contribution in [-0.2, 0) is 14.2 Å². The van der Waals surface area contributed by atoms with Crippen LogP contribution in [0.5, 0.6) is 0 Å². The quantitative estimate of drug-likeness (QED) is 0.156. The summed E-state index contributed by atoms with van der Waals surface area (Å²) in [5.41, 5.74) is 0. The van der Waals surface area contributed by atoms with Crippen molar-refractivity contribution in [1.29, 1.82) is 0 Å². The number of hydrogen-bond donors (Lipinski definition) is 0. The van der Waals surface area contributed by atoms with E-state index in [9.17, 15) is 4.79 Å². The van der Waals surface area contributed by atoms with Crippen LogP contribution in [0.15, 0.2) is 12.2 Å². The fraction of sp³-hybridized carbons (Fsp3) is 0.864. The Morgan fingerprint density at radius 3 is 2.04 bits per heavy atom. The van der Waals surface area contributed by atoms with Crippen molar-refractivity contribution in [3.05, 3.63) is 12.2 Å². The van der Waals surface area contributed by atoms with Crippen LogP contribution in [0.2, 0.25) is 0 Å². The number of carbonyl (C=O) groups excluding carboxylic acids is 1. The molecule has 26 heavy (non-hydrogen) atoms. The van der Waals surface area contributed by atoms with Crippen molar-refractivity contribution in [3.63, 3.8) is 0 Å². The van der Waals surface area contributed by atoms with Crippen LogP contribution in [0.3, 0.4) is 0 Å². The molecule has 1 rings (SSSR count). The van der Waals surface area contributed by atoms with Crippen LogP contribution in [0.1, 0.15) is 96.8 Å². The van der Waals surface area contributed by atoms with Gasteiger partial charge in [0.25, 0.3) is 0 Å². The molecule has 1 fully saturated rings. The van der Waals surface area contributed by atoms with Gasteiger partial charge in [0.1, 0.15) is 6.61 Å². The SMILES string of the molecule is CCCCCCCC/C=C\CCCCCCCCOCC1COC(=O)O1. The van der Waals surface area contributed by atoms with E-state index in [-0.39, 0.29) is 6.10 Å². The molecule has 1 unspecified atom stereocenters. The third kappa shape index (κ3) is 14.2. The third-order valence-corrected chi connectivity index (χ3v) is 4.75. The summed E-state index contributed by atoms with van der Waals surface area (Å²) in [7, 11) is 0. The van der Waals surface area contributed by atoms with Crippen LogP contribution in [0, 0.1) is 0 Å². The topological polar surface area (TPSA) is 44.8 Å². The molecular weight excluding hydrogens is 328 g/mol. The van der Waals surface area contributed by atoms with Gasteiger partial charge in [0.2, 0.25) is 0 Å². The second-order valence-corrected chi connectivity index (χ2v) is 7.31. The summed E-state index contributed by atoms with van der Waals surface area (Å²) in [6, 6.07) is 0. The maximum Gasteiger partial charge on any atom is 0.508 e. The maximum atomic E-state index is 10.7. The zero-order valence-electron chi connectivity index (χ0n) is 16.9. The van der Waals surface area contributed by atoms with Gasteiger partial charge in [-0.1, -0.05) is 76.9 Å². The number of hydrogen-bond acceptors (Lipinski definition) is 4. The van der Waals surface area contributed by atoms with Gasteiger partial charge in [-0.2, -0.15) is 0 Å². The fourth-order valence-electron chi connectivity index (χ4n) is 3.11. The molecule has 152 valence electrons. The molecule has 1 saturated heterocycles. The highest BCUT2D eigenvalue weighted by molar-refractivity contribution is 5.61. The van der Waals surface area contributed by atoms with E-state index < -0.39 is 6.16 Å². The van der Waals surface area contributed by atoms with Crippen molar-refractivity contribution >= 4 is 6.16 Å². The Balaban J connectivity index is 1.70. The number of carbonyl (C=O) groups is 1. The number of allylic oxidation sites excluding steroid dienone is 2. The molecule has 1 atom stereocenters. The largest absolute Gasteiger partial charge is 0.508 e. The van der Waals surface area contributed by atoms with Gasteiger partial charge in [0.15, 0.2) is 6.10 Å². The lowest BCUT2D eigenvalue weighted by molar-refractivity contribution is 0.0443. The molecule has 0 spiro atoms. The standard InChI is InChI=1S/C22H40O4/c1-2-3-4-5-6-7-8-9-10-11-12-13-14-15-16-17-18-24-19-21-20-25-22(23)26-21/h9-10,21H,2-8,11-20H2,1H3/b10-9-. The van der Waals surface area contributed by atoms with Gasteiger partial charge in [-0.3, -0.25) is 0 Å². The molecule has 1 heterocycles. The highest BCUT2D eigenvalue weighted by Gasteiger charge is 2.24. The molecule has 0 aliphatic carbocycles. The lowest BCUT2D eigenvalue weighted by atomic mass is 10.1. The summed E-state index contributed by atoms with van der Waals surface area (Å²) in [6.45, 7) is 3.80. The number of unbranched alkanes of at least 4 members (excludes halogenated alkanes) is 12. The zero-order chi connectivity index (χ0) is 18.7. The average Bonchev–Trinajstić information content (AvgIpc) is 3.06. The highest BCUT2D eigenvalue weighted by Crippen LogP contribution is 2.10. The molecule has 0 amide bonds. The summed E-state index contributed by atoms with van der Waals surface area (Å²) >= 11 is 0. The summed E-state index contributed by atoms with van der Waals surface area (Å²) < 4.78 is 15.1. The fourth-order valence-corrected chi connectivity index (χ4v) is 3.11. The van der Waals surface area contributed by atoms with Gasteiger partial charge >= 0.3 is 6.16 Å². The molecule has 4 nitrogen and oxygen atoms in total. The van der Waals surface area contributed by atoms with E-state index in [1.54, 1.807) is 0 Å². The Labute approximate surface area is 160 Å². The molecule has 0 bridgehead atoms. The predicted molar refractivity (Wildman–Crippen MR) is 106 cm³/mol. The second kappa shape index (κ2) is 17.4. The van der Waals surface area contributed by atoms with Crippen molar-refractivity contribution in [2.45, 2.75) is 103 Å². The zero-order valence-corrected chi connectivity index (χ0v) is 16.9. The van der Waals surface area contributed by atoms with Crippen LogP contribution in [0.25, 0.3) is 0 Å². The third-order valence-electron chi connectivity index (χ3n) is 4.75. The minimum absolute atomic E-state index is 0.211. The molecule has 0 radical (unpaired) electrons. The van der Waals surface area contributed by atoms with E-state index in [1.807, 2.05) is 0 Å². The van der Waals surface area contributed by atoms with Gasteiger partial charge in [0.05, 0.1) is 6.61 Å². The smallest absolute Gasteiger partial charge is 0.430 e. The number of rotatable bonds is 18. The first-order chi connectivity index (χ1) is 12.8. The summed E-state index contributed by atoms with van der Waals surface area (Å²) in [5.74, 6) is 0. The van der Waals surface area contributed by atoms with Gasteiger partial charge < -0.3 is 14.2 Å². The Morgan fingerprint density at radius 2 is 1.46 bits per heavy atom. The van der Waals surface area contributed by atoms with E-state index in [0.717, 1.165) is 13.0 Å². The first kappa shape index (κ1) is 23.0. The number of cyclic esters (lactones) is 2. The van der Waals surface area contributed by atoms with Crippen molar-refractivity contribution in [2.24, 2.45) is 0 Å². The Bertz CT molecular complexity index is 354. The average molecular weight is 369 g/mol. The van der Waals surface area contributed by atoms with Gasteiger partial charge in [-0.05, 0) is 32.1 Å². The Morgan fingerprint density at radius 1 is 0.885 bits per heavy atom.